The zero-order valence-corrected chi connectivity index (χ0v) is 16.4. The van der Waals surface area contributed by atoms with Crippen LogP contribution < -0.4 is 5.73 Å². The number of nitrogens with two attached hydrogens (primary N) is 1. The van der Waals surface area contributed by atoms with Crippen LogP contribution in [0.1, 0.15) is 50.5 Å². The lowest BCUT2D eigenvalue weighted by atomic mass is 9.65. The summed E-state index contributed by atoms with van der Waals surface area (Å²) in [5.41, 5.74) is 7.68. The minimum absolute atomic E-state index is 0.170. The summed E-state index contributed by atoms with van der Waals surface area (Å²) in [6.07, 6.45) is 7.84. The van der Waals surface area contributed by atoms with E-state index in [0.717, 1.165) is 52.0 Å². The second kappa shape index (κ2) is 8.74. The molecule has 1 aliphatic heterocycles. The highest BCUT2D eigenvalue weighted by molar-refractivity contribution is 5.79. The molecule has 1 aromatic carbocycles. The molecule has 3 aliphatic rings. The molecule has 1 heterocycles. The number of fused-ring (bicyclic) bond motifs is 2. The highest BCUT2D eigenvalue weighted by Gasteiger charge is 2.41. The Morgan fingerprint density at radius 3 is 2.37 bits per heavy atom. The number of rotatable bonds is 5. The van der Waals surface area contributed by atoms with E-state index in [-0.39, 0.29) is 5.92 Å². The van der Waals surface area contributed by atoms with E-state index in [0.29, 0.717) is 29.7 Å². The van der Waals surface area contributed by atoms with Crippen molar-refractivity contribution in [2.45, 2.75) is 57.5 Å². The maximum absolute atomic E-state index is 13.6. The molecule has 4 nitrogen and oxygen atoms in total. The molecule has 2 saturated carbocycles. The number of benzene rings is 1. The van der Waals surface area contributed by atoms with Crippen LogP contribution in [0.4, 0.5) is 0 Å². The van der Waals surface area contributed by atoms with Crippen LogP contribution in [0.5, 0.6) is 0 Å². The van der Waals surface area contributed by atoms with Crippen LogP contribution in [0.15, 0.2) is 30.3 Å². The predicted molar refractivity (Wildman–Crippen MR) is 107 cm³/mol. The maximum Gasteiger partial charge on any atom is 0.226 e. The zero-order valence-electron chi connectivity index (χ0n) is 16.4. The molecule has 2 N–H and O–H groups in total. The Balaban J connectivity index is 1.47. The molecule has 148 valence electrons. The highest BCUT2D eigenvalue weighted by atomic mass is 16.5. The second-order valence-corrected chi connectivity index (χ2v) is 8.96. The molecule has 2 bridgehead atoms. The van der Waals surface area contributed by atoms with Crippen LogP contribution in [0.25, 0.3) is 0 Å². The predicted octanol–water partition coefficient (Wildman–Crippen LogP) is 3.60. The Hall–Kier alpha value is -1.39. The molecule has 1 amide bonds. The molecule has 4 rings (SSSR count). The van der Waals surface area contributed by atoms with Gasteiger partial charge in [-0.15, -0.1) is 0 Å². The third-order valence-corrected chi connectivity index (χ3v) is 7.11. The van der Waals surface area contributed by atoms with Gasteiger partial charge in [-0.05, 0) is 61.8 Å². The van der Waals surface area contributed by atoms with Crippen molar-refractivity contribution in [3.05, 3.63) is 35.9 Å². The molecule has 0 aromatic heterocycles. The topological polar surface area (TPSA) is 55.6 Å². The number of carbonyl (C=O) groups is 1. The van der Waals surface area contributed by atoms with E-state index in [4.69, 9.17) is 10.5 Å². The second-order valence-electron chi connectivity index (χ2n) is 8.96. The lowest BCUT2D eigenvalue weighted by Gasteiger charge is -2.45. The van der Waals surface area contributed by atoms with Crippen molar-refractivity contribution in [3.8, 4) is 0 Å². The van der Waals surface area contributed by atoms with Crippen LogP contribution in [0.3, 0.4) is 0 Å². The van der Waals surface area contributed by atoms with Gasteiger partial charge in [-0.2, -0.15) is 0 Å². The molecule has 2 atom stereocenters. The standard InChI is InChI=1S/C23H34N2O2/c24-22-19-7-4-8-20(22)14-21(13-19)23(26)25(15-17-5-2-1-3-6-17)16-18-9-11-27-12-10-18/h1-3,5-6,18-22H,4,7-16,24H2. The van der Waals surface area contributed by atoms with Crippen molar-refractivity contribution in [1.29, 1.82) is 0 Å². The Bertz CT molecular complexity index is 600. The van der Waals surface area contributed by atoms with Crippen molar-refractivity contribution in [2.24, 2.45) is 29.4 Å². The van der Waals surface area contributed by atoms with Gasteiger partial charge in [0, 0.05) is 38.3 Å². The molecule has 1 aromatic rings. The molecule has 2 aliphatic carbocycles. The van der Waals surface area contributed by atoms with Gasteiger partial charge in [-0.3, -0.25) is 4.79 Å². The van der Waals surface area contributed by atoms with Crippen molar-refractivity contribution in [1.82, 2.24) is 4.90 Å². The van der Waals surface area contributed by atoms with Crippen LogP contribution in [-0.4, -0.2) is 36.6 Å². The monoisotopic (exact) mass is 370 g/mol. The van der Waals surface area contributed by atoms with Gasteiger partial charge in [0.15, 0.2) is 0 Å². The number of hydrogen-bond donors (Lipinski definition) is 1. The smallest absolute Gasteiger partial charge is 0.226 e. The van der Waals surface area contributed by atoms with Gasteiger partial charge in [0.05, 0.1) is 0 Å². The van der Waals surface area contributed by atoms with Crippen LogP contribution in [0.2, 0.25) is 0 Å². The number of ether oxygens (including phenoxy) is 1. The van der Waals surface area contributed by atoms with Crippen LogP contribution in [-0.2, 0) is 16.1 Å². The molecule has 27 heavy (non-hydrogen) atoms. The third-order valence-electron chi connectivity index (χ3n) is 7.11. The summed E-state index contributed by atoms with van der Waals surface area (Å²) in [5, 5.41) is 0. The first-order chi connectivity index (χ1) is 13.2. The summed E-state index contributed by atoms with van der Waals surface area (Å²) in [6, 6.07) is 10.8. The van der Waals surface area contributed by atoms with E-state index >= 15 is 0 Å². The SMILES string of the molecule is NC1C2CCCC1CC(C(=O)N(Cc1ccccc1)CC1CCOCC1)C2. The lowest BCUT2D eigenvalue weighted by molar-refractivity contribution is -0.140. The summed E-state index contributed by atoms with van der Waals surface area (Å²) in [7, 11) is 0. The fourth-order valence-corrected chi connectivity index (χ4v) is 5.53. The minimum atomic E-state index is 0.170. The lowest BCUT2D eigenvalue weighted by Crippen LogP contribution is -2.50. The largest absolute Gasteiger partial charge is 0.381 e. The molecular weight excluding hydrogens is 336 g/mol. The summed E-state index contributed by atoms with van der Waals surface area (Å²) in [6.45, 7) is 3.27. The first kappa shape index (κ1) is 18.9. The molecule has 2 unspecified atom stereocenters. The van der Waals surface area contributed by atoms with Gasteiger partial charge in [0.25, 0.3) is 0 Å². The van der Waals surface area contributed by atoms with Gasteiger partial charge in [-0.1, -0.05) is 36.8 Å². The van der Waals surface area contributed by atoms with Gasteiger partial charge in [0.1, 0.15) is 0 Å². The molecule has 1 saturated heterocycles. The van der Waals surface area contributed by atoms with Crippen molar-refractivity contribution >= 4 is 5.91 Å². The van der Waals surface area contributed by atoms with Crippen molar-refractivity contribution in [2.75, 3.05) is 19.8 Å². The summed E-state index contributed by atoms with van der Waals surface area (Å²) in [5.74, 6) is 2.20. The third kappa shape index (κ3) is 4.55. The van der Waals surface area contributed by atoms with Crippen molar-refractivity contribution in [3.63, 3.8) is 0 Å². The van der Waals surface area contributed by atoms with Crippen molar-refractivity contribution < 1.29 is 9.53 Å². The van der Waals surface area contributed by atoms with E-state index < -0.39 is 0 Å². The number of hydrogen-bond acceptors (Lipinski definition) is 3. The molecule has 0 radical (unpaired) electrons. The maximum atomic E-state index is 13.6. The Morgan fingerprint density at radius 1 is 1.04 bits per heavy atom. The normalized spacial score (nSPS) is 31.4. The Labute approximate surface area is 163 Å². The minimum Gasteiger partial charge on any atom is -0.381 e. The average molecular weight is 371 g/mol. The summed E-state index contributed by atoms with van der Waals surface area (Å²) >= 11 is 0. The quantitative estimate of drug-likeness (QED) is 0.862. The summed E-state index contributed by atoms with van der Waals surface area (Å²) < 4.78 is 5.52. The van der Waals surface area contributed by atoms with Gasteiger partial charge < -0.3 is 15.4 Å². The van der Waals surface area contributed by atoms with Gasteiger partial charge in [-0.25, -0.2) is 0 Å². The highest BCUT2D eigenvalue weighted by Crippen LogP contribution is 2.42. The first-order valence-electron chi connectivity index (χ1n) is 10.9. The van der Waals surface area contributed by atoms with Crippen LogP contribution >= 0.6 is 0 Å². The van der Waals surface area contributed by atoms with Gasteiger partial charge in [0.2, 0.25) is 5.91 Å². The van der Waals surface area contributed by atoms with Gasteiger partial charge >= 0.3 is 0 Å². The zero-order chi connectivity index (χ0) is 18.6. The number of carbonyl (C=O) groups excluding carboxylic acids is 1. The number of nitrogens with zero attached hydrogens (tertiary/aromatic N) is 1. The Morgan fingerprint density at radius 2 is 1.70 bits per heavy atom. The molecule has 3 fully saturated rings. The fourth-order valence-electron chi connectivity index (χ4n) is 5.53. The van der Waals surface area contributed by atoms with Crippen LogP contribution in [0, 0.1) is 23.7 Å². The van der Waals surface area contributed by atoms with E-state index in [1.54, 1.807) is 0 Å². The van der Waals surface area contributed by atoms with E-state index in [1.807, 2.05) is 6.07 Å². The molecule has 4 heteroatoms. The summed E-state index contributed by atoms with van der Waals surface area (Å²) in [4.78, 5) is 15.7. The van der Waals surface area contributed by atoms with E-state index in [9.17, 15) is 4.79 Å². The van der Waals surface area contributed by atoms with E-state index in [2.05, 4.69) is 29.2 Å². The average Bonchev–Trinajstić information content (AvgIpc) is 2.68. The Kier molecular flexibility index (Phi) is 6.14. The fraction of sp³-hybridized carbons (Fsp3) is 0.696. The molecular formula is C23H34N2O2. The first-order valence-corrected chi connectivity index (χ1v) is 10.9. The number of amides is 1. The molecule has 0 spiro atoms. The van der Waals surface area contributed by atoms with E-state index in [1.165, 1.54) is 24.8 Å².